The fraction of sp³-hybridized carbons (Fsp3) is 0.136. The summed E-state index contributed by atoms with van der Waals surface area (Å²) in [4.78, 5) is 41.6. The van der Waals surface area contributed by atoms with E-state index < -0.39 is 17.2 Å². The summed E-state index contributed by atoms with van der Waals surface area (Å²) in [6, 6.07) is 14.2. The van der Waals surface area contributed by atoms with Gasteiger partial charge in [-0.05, 0) is 35.7 Å². The molecule has 0 bridgehead atoms. The predicted molar refractivity (Wildman–Crippen MR) is 123 cm³/mol. The van der Waals surface area contributed by atoms with Gasteiger partial charge in [0.2, 0.25) is 0 Å². The van der Waals surface area contributed by atoms with Gasteiger partial charge in [-0.25, -0.2) is 9.59 Å². The highest BCUT2D eigenvalue weighted by Gasteiger charge is 2.21. The Kier molecular flexibility index (Phi) is 6.00. The van der Waals surface area contributed by atoms with E-state index in [1.54, 1.807) is 25.1 Å². The summed E-state index contributed by atoms with van der Waals surface area (Å²) in [6.07, 6.45) is 0. The van der Waals surface area contributed by atoms with Crippen LogP contribution in [-0.4, -0.2) is 15.5 Å². The molecule has 0 spiro atoms. The van der Waals surface area contributed by atoms with Gasteiger partial charge in [-0.2, -0.15) is 0 Å². The number of rotatable bonds is 5. The number of aromatic nitrogens is 2. The van der Waals surface area contributed by atoms with Gasteiger partial charge in [0, 0.05) is 0 Å². The number of fused-ring (bicyclic) bond motifs is 1. The SMILES string of the molecule is Cc1c(C(=O)OCc2ccccc2)sc2[nH]c(=O)n(Cc3ccc(Cl)c(Cl)c3)c(=O)c12. The third kappa shape index (κ3) is 4.30. The summed E-state index contributed by atoms with van der Waals surface area (Å²) >= 11 is 13.0. The zero-order chi connectivity index (χ0) is 22.1. The van der Waals surface area contributed by atoms with Gasteiger partial charge < -0.3 is 4.74 Å². The first-order chi connectivity index (χ1) is 14.8. The third-order valence-corrected chi connectivity index (χ3v) is 6.72. The molecule has 0 aliphatic rings. The van der Waals surface area contributed by atoms with E-state index in [-0.39, 0.29) is 23.4 Å². The molecule has 0 saturated carbocycles. The molecule has 2 aromatic heterocycles. The van der Waals surface area contributed by atoms with Crippen LogP contribution in [0.15, 0.2) is 58.1 Å². The van der Waals surface area contributed by atoms with Crippen molar-refractivity contribution >= 4 is 50.7 Å². The lowest BCUT2D eigenvalue weighted by Crippen LogP contribution is -2.35. The Labute approximate surface area is 190 Å². The average Bonchev–Trinajstić information content (AvgIpc) is 3.08. The van der Waals surface area contributed by atoms with Crippen molar-refractivity contribution in [1.82, 2.24) is 9.55 Å². The smallest absolute Gasteiger partial charge is 0.349 e. The zero-order valence-electron chi connectivity index (χ0n) is 16.3. The van der Waals surface area contributed by atoms with Crippen LogP contribution in [0.4, 0.5) is 0 Å². The van der Waals surface area contributed by atoms with E-state index in [2.05, 4.69) is 4.98 Å². The number of nitrogens with one attached hydrogen (secondary N) is 1. The van der Waals surface area contributed by atoms with Crippen LogP contribution < -0.4 is 11.2 Å². The molecule has 0 amide bonds. The van der Waals surface area contributed by atoms with Gasteiger partial charge in [-0.3, -0.25) is 14.3 Å². The van der Waals surface area contributed by atoms with E-state index in [1.165, 1.54) is 0 Å². The standard InChI is InChI=1S/C22H16Cl2N2O4S/c1-12-17-19(31-18(12)21(28)30-11-13-5-3-2-4-6-13)25-22(29)26(20(17)27)10-14-7-8-15(23)16(24)9-14/h2-9H,10-11H2,1H3,(H,25,29). The van der Waals surface area contributed by atoms with E-state index in [9.17, 15) is 14.4 Å². The number of benzene rings is 2. The Bertz CT molecular complexity index is 1410. The number of thiophene rings is 1. The Hall–Kier alpha value is -2.87. The van der Waals surface area contributed by atoms with Crippen molar-refractivity contribution in [2.45, 2.75) is 20.1 Å². The van der Waals surface area contributed by atoms with Crippen molar-refractivity contribution in [3.63, 3.8) is 0 Å². The fourth-order valence-electron chi connectivity index (χ4n) is 3.20. The molecule has 0 aliphatic heterocycles. The van der Waals surface area contributed by atoms with Crippen LogP contribution >= 0.6 is 34.5 Å². The highest BCUT2D eigenvalue weighted by Crippen LogP contribution is 2.27. The second kappa shape index (κ2) is 8.70. The number of halogens is 2. The highest BCUT2D eigenvalue weighted by molar-refractivity contribution is 7.20. The molecule has 0 saturated heterocycles. The summed E-state index contributed by atoms with van der Waals surface area (Å²) in [7, 11) is 0. The monoisotopic (exact) mass is 474 g/mol. The Balaban J connectivity index is 1.68. The minimum atomic E-state index is -0.575. The van der Waals surface area contributed by atoms with Crippen molar-refractivity contribution in [2.75, 3.05) is 0 Å². The summed E-state index contributed by atoms with van der Waals surface area (Å²) in [6.45, 7) is 1.80. The molecule has 158 valence electrons. The summed E-state index contributed by atoms with van der Waals surface area (Å²) in [5.74, 6) is -0.543. The number of nitrogens with zero attached hydrogens (tertiary/aromatic N) is 1. The van der Waals surface area contributed by atoms with Crippen LogP contribution in [0.25, 0.3) is 10.2 Å². The molecule has 0 aliphatic carbocycles. The van der Waals surface area contributed by atoms with Gasteiger partial charge in [0.1, 0.15) is 16.3 Å². The van der Waals surface area contributed by atoms with Crippen LogP contribution in [0, 0.1) is 6.92 Å². The molecule has 0 atom stereocenters. The molecule has 0 unspecified atom stereocenters. The van der Waals surface area contributed by atoms with Gasteiger partial charge >= 0.3 is 11.7 Å². The molecule has 4 aromatic rings. The number of ether oxygens (including phenoxy) is 1. The molecule has 0 radical (unpaired) electrons. The van der Waals surface area contributed by atoms with Crippen LogP contribution in [-0.2, 0) is 17.9 Å². The molecule has 2 aromatic carbocycles. The average molecular weight is 475 g/mol. The summed E-state index contributed by atoms with van der Waals surface area (Å²) < 4.78 is 6.46. The Morgan fingerprint density at radius 3 is 2.52 bits per heavy atom. The minimum absolute atomic E-state index is 0.0179. The van der Waals surface area contributed by atoms with Crippen molar-refractivity contribution in [3.8, 4) is 0 Å². The van der Waals surface area contributed by atoms with Crippen molar-refractivity contribution in [1.29, 1.82) is 0 Å². The van der Waals surface area contributed by atoms with Gasteiger partial charge in [0.15, 0.2) is 0 Å². The van der Waals surface area contributed by atoms with Crippen molar-refractivity contribution < 1.29 is 9.53 Å². The lowest BCUT2D eigenvalue weighted by atomic mass is 10.2. The summed E-state index contributed by atoms with van der Waals surface area (Å²) in [5, 5.41) is 1.01. The molecule has 6 nitrogen and oxygen atoms in total. The van der Waals surface area contributed by atoms with Crippen LogP contribution in [0.3, 0.4) is 0 Å². The Morgan fingerprint density at radius 2 is 1.81 bits per heavy atom. The number of carbonyl (C=O) groups excluding carboxylic acids is 1. The van der Waals surface area contributed by atoms with E-state index >= 15 is 0 Å². The largest absolute Gasteiger partial charge is 0.457 e. The maximum Gasteiger partial charge on any atom is 0.349 e. The van der Waals surface area contributed by atoms with Gasteiger partial charge in [0.25, 0.3) is 5.56 Å². The quantitative estimate of drug-likeness (QED) is 0.422. The van der Waals surface area contributed by atoms with Crippen LogP contribution in [0.5, 0.6) is 0 Å². The maximum atomic E-state index is 13.1. The number of hydrogen-bond donors (Lipinski definition) is 1. The van der Waals surface area contributed by atoms with E-state index in [1.807, 2.05) is 30.3 Å². The second-order valence-electron chi connectivity index (χ2n) is 6.89. The molecular weight excluding hydrogens is 459 g/mol. The molecule has 2 heterocycles. The lowest BCUT2D eigenvalue weighted by Gasteiger charge is -2.06. The van der Waals surface area contributed by atoms with Gasteiger partial charge in [0.05, 0.1) is 22.0 Å². The van der Waals surface area contributed by atoms with Gasteiger partial charge in [-0.15, -0.1) is 11.3 Å². The van der Waals surface area contributed by atoms with Crippen LogP contribution in [0.2, 0.25) is 10.0 Å². The first kappa shape index (κ1) is 21.4. The first-order valence-corrected chi connectivity index (χ1v) is 10.8. The molecule has 4 rings (SSSR count). The van der Waals surface area contributed by atoms with Crippen molar-refractivity contribution in [2.24, 2.45) is 0 Å². The van der Waals surface area contributed by atoms with E-state index in [0.29, 0.717) is 26.0 Å². The van der Waals surface area contributed by atoms with Gasteiger partial charge in [-0.1, -0.05) is 59.6 Å². The van der Waals surface area contributed by atoms with E-state index in [4.69, 9.17) is 27.9 Å². The molecular formula is C22H16Cl2N2O4S. The number of aromatic amines is 1. The number of carbonyl (C=O) groups is 1. The number of hydrogen-bond acceptors (Lipinski definition) is 5. The van der Waals surface area contributed by atoms with Crippen molar-refractivity contribution in [3.05, 3.63) is 101 Å². The predicted octanol–water partition coefficient (Wildman–Crippen LogP) is 4.77. The molecule has 0 fully saturated rings. The number of H-pyrrole nitrogens is 1. The number of aryl methyl sites for hydroxylation is 1. The normalized spacial score (nSPS) is 11.1. The third-order valence-electron chi connectivity index (χ3n) is 4.79. The zero-order valence-corrected chi connectivity index (χ0v) is 18.6. The molecule has 9 heteroatoms. The fourth-order valence-corrected chi connectivity index (χ4v) is 4.60. The molecule has 1 N–H and O–H groups in total. The summed E-state index contributed by atoms with van der Waals surface area (Å²) in [5.41, 5.74) is 0.917. The second-order valence-corrected chi connectivity index (χ2v) is 8.73. The van der Waals surface area contributed by atoms with E-state index in [0.717, 1.165) is 21.5 Å². The topological polar surface area (TPSA) is 81.2 Å². The first-order valence-electron chi connectivity index (χ1n) is 9.26. The minimum Gasteiger partial charge on any atom is -0.457 e. The van der Waals surface area contributed by atoms with Crippen LogP contribution in [0.1, 0.15) is 26.4 Å². The number of esters is 1. The lowest BCUT2D eigenvalue weighted by molar-refractivity contribution is 0.0478. The highest BCUT2D eigenvalue weighted by atomic mass is 35.5. The molecule has 31 heavy (non-hydrogen) atoms. The maximum absolute atomic E-state index is 13.1. The Morgan fingerprint density at radius 1 is 1.06 bits per heavy atom.